The summed E-state index contributed by atoms with van der Waals surface area (Å²) in [4.78, 5) is 1.92. The van der Waals surface area contributed by atoms with Gasteiger partial charge in [-0.05, 0) is 31.5 Å². The van der Waals surface area contributed by atoms with Crippen molar-refractivity contribution in [3.05, 3.63) is 29.3 Å². The zero-order chi connectivity index (χ0) is 14.9. The van der Waals surface area contributed by atoms with Gasteiger partial charge in [-0.1, -0.05) is 6.07 Å². The Morgan fingerprint density at radius 2 is 1.85 bits per heavy atom. The van der Waals surface area contributed by atoms with Crippen molar-refractivity contribution in [2.45, 2.75) is 38.8 Å². The molecule has 0 amide bonds. The van der Waals surface area contributed by atoms with Crippen molar-refractivity contribution in [2.24, 2.45) is 5.73 Å². The van der Waals surface area contributed by atoms with Crippen LogP contribution in [-0.2, 0) is 17.5 Å². The molecule has 0 unspecified atom stereocenters. The summed E-state index contributed by atoms with van der Waals surface area (Å²) in [6.45, 7) is 4.89. The second-order valence-electron chi connectivity index (χ2n) is 5.21. The third kappa shape index (κ3) is 3.24. The Morgan fingerprint density at radius 3 is 2.35 bits per heavy atom. The van der Waals surface area contributed by atoms with E-state index in [2.05, 4.69) is 0 Å². The van der Waals surface area contributed by atoms with E-state index in [1.165, 1.54) is 12.1 Å². The SMILES string of the molecule is C[C@@H]1CN(c2ccc(CN)c(C(F)(F)F)c2)C[C@H](C)O1. The van der Waals surface area contributed by atoms with E-state index in [-0.39, 0.29) is 24.3 Å². The maximum atomic E-state index is 13.0. The summed E-state index contributed by atoms with van der Waals surface area (Å²) in [6.07, 6.45) is -4.38. The summed E-state index contributed by atoms with van der Waals surface area (Å²) in [7, 11) is 0. The Morgan fingerprint density at radius 1 is 1.25 bits per heavy atom. The van der Waals surface area contributed by atoms with Crippen molar-refractivity contribution in [1.82, 2.24) is 0 Å². The van der Waals surface area contributed by atoms with Crippen LogP contribution in [0.4, 0.5) is 18.9 Å². The molecule has 20 heavy (non-hydrogen) atoms. The molecular formula is C14H19F3N2O. The molecule has 0 radical (unpaired) electrons. The van der Waals surface area contributed by atoms with Crippen molar-refractivity contribution in [2.75, 3.05) is 18.0 Å². The van der Waals surface area contributed by atoms with Gasteiger partial charge in [0.15, 0.2) is 0 Å². The molecule has 1 aromatic carbocycles. The lowest BCUT2D eigenvalue weighted by molar-refractivity contribution is -0.138. The van der Waals surface area contributed by atoms with E-state index in [1.807, 2.05) is 18.7 Å². The van der Waals surface area contributed by atoms with Crippen LogP contribution in [-0.4, -0.2) is 25.3 Å². The van der Waals surface area contributed by atoms with Gasteiger partial charge in [-0.15, -0.1) is 0 Å². The molecule has 1 saturated heterocycles. The minimum atomic E-state index is -4.38. The number of morpholine rings is 1. The molecular weight excluding hydrogens is 269 g/mol. The Balaban J connectivity index is 2.33. The third-order valence-corrected chi connectivity index (χ3v) is 3.40. The topological polar surface area (TPSA) is 38.5 Å². The number of nitrogens with zero attached hydrogens (tertiary/aromatic N) is 1. The van der Waals surface area contributed by atoms with Gasteiger partial charge < -0.3 is 15.4 Å². The van der Waals surface area contributed by atoms with Crippen LogP contribution in [0.2, 0.25) is 0 Å². The third-order valence-electron chi connectivity index (χ3n) is 3.40. The first-order valence-electron chi connectivity index (χ1n) is 6.62. The summed E-state index contributed by atoms with van der Waals surface area (Å²) in [5, 5.41) is 0. The van der Waals surface area contributed by atoms with E-state index in [0.29, 0.717) is 18.8 Å². The highest BCUT2D eigenvalue weighted by Gasteiger charge is 2.34. The van der Waals surface area contributed by atoms with Crippen molar-refractivity contribution in [3.63, 3.8) is 0 Å². The number of hydrogen-bond donors (Lipinski definition) is 1. The van der Waals surface area contributed by atoms with Gasteiger partial charge in [0.25, 0.3) is 0 Å². The number of rotatable bonds is 2. The molecule has 1 fully saturated rings. The zero-order valence-corrected chi connectivity index (χ0v) is 11.6. The molecule has 1 heterocycles. The summed E-state index contributed by atoms with van der Waals surface area (Å²) >= 11 is 0. The molecule has 2 N–H and O–H groups in total. The number of nitrogens with two attached hydrogens (primary N) is 1. The first kappa shape index (κ1) is 15.1. The van der Waals surface area contributed by atoms with Crippen molar-refractivity contribution >= 4 is 5.69 Å². The number of hydrogen-bond acceptors (Lipinski definition) is 3. The molecule has 0 spiro atoms. The van der Waals surface area contributed by atoms with Crippen LogP contribution in [0.25, 0.3) is 0 Å². The lowest BCUT2D eigenvalue weighted by Crippen LogP contribution is -2.45. The van der Waals surface area contributed by atoms with Gasteiger partial charge >= 0.3 is 6.18 Å². The Bertz CT molecular complexity index is 466. The molecule has 112 valence electrons. The summed E-state index contributed by atoms with van der Waals surface area (Å²) in [5.74, 6) is 0. The van der Waals surface area contributed by atoms with Gasteiger partial charge in [-0.2, -0.15) is 13.2 Å². The second kappa shape index (κ2) is 5.61. The van der Waals surface area contributed by atoms with Crippen molar-refractivity contribution in [3.8, 4) is 0 Å². The fourth-order valence-corrected chi connectivity index (χ4v) is 2.59. The smallest absolute Gasteiger partial charge is 0.372 e. The van der Waals surface area contributed by atoms with Crippen molar-refractivity contribution in [1.29, 1.82) is 0 Å². The molecule has 2 atom stereocenters. The predicted octanol–water partition coefficient (Wildman–Crippen LogP) is 2.78. The van der Waals surface area contributed by atoms with Crippen molar-refractivity contribution < 1.29 is 17.9 Å². The lowest BCUT2D eigenvalue weighted by Gasteiger charge is -2.37. The van der Waals surface area contributed by atoms with Gasteiger partial charge in [0.1, 0.15) is 0 Å². The Hall–Kier alpha value is -1.27. The number of halogens is 3. The lowest BCUT2D eigenvalue weighted by atomic mass is 10.0. The molecule has 0 bridgehead atoms. The maximum Gasteiger partial charge on any atom is 0.416 e. The van der Waals surface area contributed by atoms with E-state index in [4.69, 9.17) is 10.5 Å². The van der Waals surface area contributed by atoms with E-state index in [0.717, 1.165) is 0 Å². The highest BCUT2D eigenvalue weighted by Crippen LogP contribution is 2.35. The minimum Gasteiger partial charge on any atom is -0.372 e. The first-order chi connectivity index (χ1) is 9.31. The molecule has 1 aromatic rings. The zero-order valence-electron chi connectivity index (χ0n) is 11.6. The Kier molecular flexibility index (Phi) is 4.25. The van der Waals surface area contributed by atoms with Crippen LogP contribution in [0.1, 0.15) is 25.0 Å². The molecule has 0 saturated carbocycles. The van der Waals surface area contributed by atoms with Crippen LogP contribution < -0.4 is 10.6 Å². The molecule has 3 nitrogen and oxygen atoms in total. The number of alkyl halides is 3. The largest absolute Gasteiger partial charge is 0.416 e. The first-order valence-corrected chi connectivity index (χ1v) is 6.62. The van der Waals surface area contributed by atoms with Gasteiger partial charge in [-0.3, -0.25) is 0 Å². The predicted molar refractivity (Wildman–Crippen MR) is 71.6 cm³/mol. The molecule has 1 aliphatic rings. The molecule has 1 aliphatic heterocycles. The summed E-state index contributed by atoms with van der Waals surface area (Å²) < 4.78 is 44.7. The second-order valence-corrected chi connectivity index (χ2v) is 5.21. The van der Waals surface area contributed by atoms with Gasteiger partial charge in [0.2, 0.25) is 0 Å². The van der Waals surface area contributed by atoms with Crippen LogP contribution >= 0.6 is 0 Å². The van der Waals surface area contributed by atoms with E-state index in [1.54, 1.807) is 6.07 Å². The molecule has 0 aromatic heterocycles. The van der Waals surface area contributed by atoms with Crippen LogP contribution in [0.15, 0.2) is 18.2 Å². The molecule has 0 aliphatic carbocycles. The van der Waals surface area contributed by atoms with Crippen LogP contribution in [0.5, 0.6) is 0 Å². The van der Waals surface area contributed by atoms with Gasteiger partial charge in [-0.25, -0.2) is 0 Å². The fourth-order valence-electron chi connectivity index (χ4n) is 2.59. The highest BCUT2D eigenvalue weighted by atomic mass is 19.4. The van der Waals surface area contributed by atoms with E-state index in [9.17, 15) is 13.2 Å². The highest BCUT2D eigenvalue weighted by molar-refractivity contribution is 5.52. The maximum absolute atomic E-state index is 13.0. The van der Waals surface area contributed by atoms with Crippen LogP contribution in [0, 0.1) is 0 Å². The fraction of sp³-hybridized carbons (Fsp3) is 0.571. The number of anilines is 1. The number of benzene rings is 1. The monoisotopic (exact) mass is 288 g/mol. The van der Waals surface area contributed by atoms with Gasteiger partial charge in [0, 0.05) is 25.3 Å². The number of ether oxygens (including phenoxy) is 1. The minimum absolute atomic E-state index is 0.00210. The summed E-state index contributed by atoms with van der Waals surface area (Å²) in [6, 6.07) is 4.35. The van der Waals surface area contributed by atoms with E-state index < -0.39 is 11.7 Å². The van der Waals surface area contributed by atoms with Gasteiger partial charge in [0.05, 0.1) is 17.8 Å². The molecule has 6 heteroatoms. The summed E-state index contributed by atoms with van der Waals surface area (Å²) in [5.41, 5.74) is 5.42. The van der Waals surface area contributed by atoms with Crippen LogP contribution in [0.3, 0.4) is 0 Å². The normalized spacial score (nSPS) is 24.0. The Labute approximate surface area is 116 Å². The standard InChI is InChI=1S/C14H19F3N2O/c1-9-7-19(8-10(2)20-9)12-4-3-11(6-18)13(5-12)14(15,16)17/h3-5,9-10H,6-8,18H2,1-2H3/t9-,10+. The molecule has 2 rings (SSSR count). The average Bonchev–Trinajstić information content (AvgIpc) is 2.35. The van der Waals surface area contributed by atoms with E-state index >= 15 is 0 Å². The average molecular weight is 288 g/mol. The quantitative estimate of drug-likeness (QED) is 0.909.